The number of hydrogen-bond acceptors (Lipinski definition) is 2. The molecule has 0 aliphatic heterocycles. The van der Waals surface area contributed by atoms with Crippen LogP contribution >= 0.6 is 15.9 Å². The first-order chi connectivity index (χ1) is 7.04. The lowest BCUT2D eigenvalue weighted by Crippen LogP contribution is -2.31. The van der Waals surface area contributed by atoms with Crippen LogP contribution in [0, 0.1) is 5.82 Å². The number of rotatable bonds is 4. The summed E-state index contributed by atoms with van der Waals surface area (Å²) in [5, 5.41) is 8.96. The van der Waals surface area contributed by atoms with Gasteiger partial charge in [-0.3, -0.25) is 4.90 Å². The summed E-state index contributed by atoms with van der Waals surface area (Å²) >= 11 is 3.31. The van der Waals surface area contributed by atoms with Crippen molar-refractivity contribution in [3.8, 4) is 0 Å². The van der Waals surface area contributed by atoms with Crippen molar-refractivity contribution in [1.29, 1.82) is 0 Å². The molecule has 0 aliphatic rings. The van der Waals surface area contributed by atoms with E-state index in [1.54, 1.807) is 12.1 Å². The minimum Gasteiger partial charge on any atom is -0.395 e. The van der Waals surface area contributed by atoms with Gasteiger partial charge in [0.15, 0.2) is 0 Å². The van der Waals surface area contributed by atoms with Crippen molar-refractivity contribution in [1.82, 2.24) is 4.90 Å². The van der Waals surface area contributed by atoms with Crippen LogP contribution in [-0.4, -0.2) is 29.7 Å². The van der Waals surface area contributed by atoms with Gasteiger partial charge in [-0.15, -0.1) is 0 Å². The molecule has 0 spiro atoms. The molecule has 0 fully saturated rings. The predicted octanol–water partition coefficient (Wildman–Crippen LogP) is 2.40. The van der Waals surface area contributed by atoms with Gasteiger partial charge in [0.25, 0.3) is 0 Å². The van der Waals surface area contributed by atoms with Crippen molar-refractivity contribution in [2.45, 2.75) is 19.5 Å². The Balaban J connectivity index is 2.75. The van der Waals surface area contributed by atoms with E-state index in [1.807, 2.05) is 18.9 Å². The van der Waals surface area contributed by atoms with Gasteiger partial charge in [-0.1, -0.05) is 15.9 Å². The predicted molar refractivity (Wildman–Crippen MR) is 62.1 cm³/mol. The van der Waals surface area contributed by atoms with Crippen LogP contribution in [0.2, 0.25) is 0 Å². The highest BCUT2D eigenvalue weighted by Gasteiger charge is 2.11. The minimum absolute atomic E-state index is 0.0309. The highest BCUT2D eigenvalue weighted by molar-refractivity contribution is 9.10. The van der Waals surface area contributed by atoms with Gasteiger partial charge in [0.05, 0.1) is 6.61 Å². The second kappa shape index (κ2) is 5.58. The van der Waals surface area contributed by atoms with Crippen LogP contribution in [0.5, 0.6) is 0 Å². The Kier molecular flexibility index (Phi) is 4.70. The van der Waals surface area contributed by atoms with Gasteiger partial charge in [0, 0.05) is 22.6 Å². The Morgan fingerprint density at radius 3 is 2.80 bits per heavy atom. The lowest BCUT2D eigenvalue weighted by molar-refractivity contribution is 0.153. The van der Waals surface area contributed by atoms with E-state index in [0.29, 0.717) is 12.1 Å². The summed E-state index contributed by atoms with van der Waals surface area (Å²) in [6, 6.07) is 4.91. The largest absolute Gasteiger partial charge is 0.395 e. The van der Waals surface area contributed by atoms with E-state index in [2.05, 4.69) is 15.9 Å². The fourth-order valence-electron chi connectivity index (χ4n) is 1.23. The maximum atomic E-state index is 13.4. The molecule has 0 radical (unpaired) electrons. The molecule has 0 saturated heterocycles. The number of nitrogens with zero attached hydrogens (tertiary/aromatic N) is 1. The molecule has 1 rings (SSSR count). The third kappa shape index (κ3) is 3.55. The maximum absolute atomic E-state index is 13.4. The number of likely N-dealkylation sites (N-methyl/N-ethyl adjacent to an activating group) is 1. The first-order valence-electron chi connectivity index (χ1n) is 4.79. The smallest absolute Gasteiger partial charge is 0.127 e. The molecule has 1 aromatic rings. The van der Waals surface area contributed by atoms with E-state index in [-0.39, 0.29) is 18.5 Å². The SMILES string of the molecule is CC(CO)N(C)Cc1cc(Br)ccc1F. The van der Waals surface area contributed by atoms with Gasteiger partial charge in [-0.2, -0.15) is 0 Å². The Morgan fingerprint density at radius 1 is 1.53 bits per heavy atom. The second-order valence-electron chi connectivity index (χ2n) is 3.68. The summed E-state index contributed by atoms with van der Waals surface area (Å²) in [5.74, 6) is -0.213. The molecule has 1 aromatic carbocycles. The normalized spacial score (nSPS) is 13.2. The number of hydrogen-bond donors (Lipinski definition) is 1. The van der Waals surface area contributed by atoms with Crippen LogP contribution in [0.25, 0.3) is 0 Å². The average molecular weight is 276 g/mol. The quantitative estimate of drug-likeness (QED) is 0.912. The molecular formula is C11H15BrFNO. The maximum Gasteiger partial charge on any atom is 0.127 e. The lowest BCUT2D eigenvalue weighted by Gasteiger charge is -2.23. The summed E-state index contributed by atoms with van der Waals surface area (Å²) in [6.45, 7) is 2.47. The number of aliphatic hydroxyl groups excluding tert-OH is 1. The van der Waals surface area contributed by atoms with Crippen molar-refractivity contribution in [3.63, 3.8) is 0 Å². The van der Waals surface area contributed by atoms with Crippen molar-refractivity contribution < 1.29 is 9.50 Å². The van der Waals surface area contributed by atoms with Crippen molar-refractivity contribution in [3.05, 3.63) is 34.1 Å². The van der Waals surface area contributed by atoms with E-state index in [0.717, 1.165) is 4.47 Å². The monoisotopic (exact) mass is 275 g/mol. The molecule has 0 bridgehead atoms. The third-order valence-electron chi connectivity index (χ3n) is 2.44. The molecule has 0 saturated carbocycles. The van der Waals surface area contributed by atoms with Gasteiger partial charge in [-0.25, -0.2) is 4.39 Å². The minimum atomic E-state index is -0.213. The van der Waals surface area contributed by atoms with E-state index >= 15 is 0 Å². The van der Waals surface area contributed by atoms with Gasteiger partial charge >= 0.3 is 0 Å². The topological polar surface area (TPSA) is 23.5 Å². The summed E-state index contributed by atoms with van der Waals surface area (Å²) in [5.41, 5.74) is 0.632. The Hall–Kier alpha value is -0.450. The first kappa shape index (κ1) is 12.6. The van der Waals surface area contributed by atoms with Crippen LogP contribution < -0.4 is 0 Å². The van der Waals surface area contributed by atoms with Gasteiger partial charge < -0.3 is 5.11 Å². The summed E-state index contributed by atoms with van der Waals surface area (Å²) < 4.78 is 14.3. The van der Waals surface area contributed by atoms with E-state index < -0.39 is 0 Å². The molecule has 84 valence electrons. The molecule has 1 unspecified atom stereocenters. The summed E-state index contributed by atoms with van der Waals surface area (Å²) in [6.07, 6.45) is 0. The van der Waals surface area contributed by atoms with Crippen LogP contribution in [0.1, 0.15) is 12.5 Å². The third-order valence-corrected chi connectivity index (χ3v) is 2.94. The van der Waals surface area contributed by atoms with Crippen LogP contribution in [-0.2, 0) is 6.54 Å². The molecular weight excluding hydrogens is 261 g/mol. The van der Waals surface area contributed by atoms with Gasteiger partial charge in [0.1, 0.15) is 5.82 Å². The van der Waals surface area contributed by atoms with E-state index in [1.165, 1.54) is 6.07 Å². The summed E-state index contributed by atoms with van der Waals surface area (Å²) in [7, 11) is 1.86. The molecule has 0 aromatic heterocycles. The highest BCUT2D eigenvalue weighted by atomic mass is 79.9. The van der Waals surface area contributed by atoms with Gasteiger partial charge in [0.2, 0.25) is 0 Å². The molecule has 2 nitrogen and oxygen atoms in total. The molecule has 0 heterocycles. The lowest BCUT2D eigenvalue weighted by atomic mass is 10.2. The fraction of sp³-hybridized carbons (Fsp3) is 0.455. The van der Waals surface area contributed by atoms with Crippen molar-refractivity contribution in [2.24, 2.45) is 0 Å². The van der Waals surface area contributed by atoms with E-state index in [9.17, 15) is 4.39 Å². The molecule has 1 N–H and O–H groups in total. The highest BCUT2D eigenvalue weighted by Crippen LogP contribution is 2.17. The molecule has 0 aliphatic carbocycles. The Labute approximate surface area is 97.8 Å². The number of aliphatic hydroxyl groups is 1. The first-order valence-corrected chi connectivity index (χ1v) is 5.59. The number of halogens is 2. The van der Waals surface area contributed by atoms with Gasteiger partial charge in [-0.05, 0) is 32.2 Å². The Bertz CT molecular complexity index is 332. The van der Waals surface area contributed by atoms with Crippen molar-refractivity contribution >= 4 is 15.9 Å². The molecule has 4 heteroatoms. The van der Waals surface area contributed by atoms with E-state index in [4.69, 9.17) is 5.11 Å². The average Bonchev–Trinajstić information content (AvgIpc) is 2.22. The Morgan fingerprint density at radius 2 is 2.20 bits per heavy atom. The zero-order valence-electron chi connectivity index (χ0n) is 8.87. The summed E-state index contributed by atoms with van der Waals surface area (Å²) in [4.78, 5) is 1.91. The molecule has 15 heavy (non-hydrogen) atoms. The van der Waals surface area contributed by atoms with Crippen LogP contribution in [0.4, 0.5) is 4.39 Å². The second-order valence-corrected chi connectivity index (χ2v) is 4.60. The zero-order valence-corrected chi connectivity index (χ0v) is 10.5. The molecule has 1 atom stereocenters. The van der Waals surface area contributed by atoms with Crippen LogP contribution in [0.3, 0.4) is 0 Å². The standard InChI is InChI=1S/C11H15BrFNO/c1-8(7-15)14(2)6-9-5-10(12)3-4-11(9)13/h3-5,8,15H,6-7H2,1-2H3. The number of benzene rings is 1. The molecule has 0 amide bonds. The zero-order chi connectivity index (χ0) is 11.4. The van der Waals surface area contributed by atoms with Crippen LogP contribution in [0.15, 0.2) is 22.7 Å². The van der Waals surface area contributed by atoms with Crippen molar-refractivity contribution in [2.75, 3.05) is 13.7 Å². The fourth-order valence-corrected chi connectivity index (χ4v) is 1.64.